The number of amides is 1. The number of piperidine rings is 1. The van der Waals surface area contributed by atoms with Crippen LogP contribution in [0.2, 0.25) is 0 Å². The van der Waals surface area contributed by atoms with Crippen LogP contribution in [0, 0.1) is 5.92 Å². The fourth-order valence-electron chi connectivity index (χ4n) is 5.31. The van der Waals surface area contributed by atoms with E-state index in [4.69, 9.17) is 4.74 Å². The van der Waals surface area contributed by atoms with E-state index >= 15 is 0 Å². The average molecular weight is 421 g/mol. The third-order valence-electron chi connectivity index (χ3n) is 6.61. The van der Waals surface area contributed by atoms with E-state index in [9.17, 15) is 13.2 Å². The van der Waals surface area contributed by atoms with Crippen molar-refractivity contribution in [1.82, 2.24) is 9.21 Å². The number of nitrogens with zero attached hydrogens (tertiary/aromatic N) is 2. The minimum absolute atomic E-state index is 0.0256. The Labute approximate surface area is 174 Å². The van der Waals surface area contributed by atoms with E-state index in [1.165, 1.54) is 30.0 Å². The third-order valence-corrected chi connectivity index (χ3v) is 8.44. The zero-order valence-corrected chi connectivity index (χ0v) is 18.2. The molecule has 29 heavy (non-hydrogen) atoms. The van der Waals surface area contributed by atoms with Gasteiger partial charge in [-0.2, -0.15) is 4.31 Å². The maximum absolute atomic E-state index is 13.3. The van der Waals surface area contributed by atoms with Crippen LogP contribution in [0.3, 0.4) is 0 Å². The largest absolute Gasteiger partial charge is 0.373 e. The van der Waals surface area contributed by atoms with E-state index in [2.05, 4.69) is 0 Å². The molecule has 160 valence electrons. The molecule has 3 fully saturated rings. The van der Waals surface area contributed by atoms with E-state index in [0.29, 0.717) is 30.6 Å². The fraction of sp³-hybridized carbons (Fsp3) is 0.682. The lowest BCUT2D eigenvalue weighted by atomic mass is 9.78. The van der Waals surface area contributed by atoms with Gasteiger partial charge in [0.25, 0.3) is 5.91 Å². The van der Waals surface area contributed by atoms with Crippen LogP contribution in [0.4, 0.5) is 0 Å². The number of morpholine rings is 1. The molecular weight excluding hydrogens is 388 g/mol. The molecule has 6 nitrogen and oxygen atoms in total. The molecule has 2 heterocycles. The van der Waals surface area contributed by atoms with Crippen LogP contribution in [-0.4, -0.2) is 61.4 Å². The molecule has 4 atom stereocenters. The highest BCUT2D eigenvalue weighted by Gasteiger charge is 2.37. The molecule has 0 bridgehead atoms. The second kappa shape index (κ2) is 8.36. The summed E-state index contributed by atoms with van der Waals surface area (Å²) in [5.41, 5.74) is 0.478. The Morgan fingerprint density at radius 2 is 1.72 bits per heavy atom. The zero-order chi connectivity index (χ0) is 20.6. The van der Waals surface area contributed by atoms with Crippen LogP contribution >= 0.6 is 0 Å². The van der Waals surface area contributed by atoms with Gasteiger partial charge < -0.3 is 9.64 Å². The number of sulfonamides is 1. The van der Waals surface area contributed by atoms with Gasteiger partial charge in [0.1, 0.15) is 0 Å². The molecule has 4 unspecified atom stereocenters. The number of likely N-dealkylation sites (tertiary alicyclic amines) is 1. The lowest BCUT2D eigenvalue weighted by Crippen LogP contribution is -2.49. The first-order chi connectivity index (χ1) is 13.9. The van der Waals surface area contributed by atoms with Crippen LogP contribution in [0.25, 0.3) is 0 Å². The number of hydrogen-bond donors (Lipinski definition) is 0. The van der Waals surface area contributed by atoms with Crippen molar-refractivity contribution in [1.29, 1.82) is 0 Å². The van der Waals surface area contributed by atoms with E-state index in [1.54, 1.807) is 24.3 Å². The molecule has 0 radical (unpaired) electrons. The lowest BCUT2D eigenvalue weighted by Gasteiger charge is -2.44. The average Bonchev–Trinajstić information content (AvgIpc) is 2.72. The Bertz CT molecular complexity index is 844. The summed E-state index contributed by atoms with van der Waals surface area (Å²) in [5, 5.41) is 0. The van der Waals surface area contributed by atoms with Crippen LogP contribution in [0.15, 0.2) is 29.2 Å². The molecule has 1 amide bonds. The van der Waals surface area contributed by atoms with E-state index < -0.39 is 10.0 Å². The number of hydrogen-bond acceptors (Lipinski definition) is 4. The molecule has 1 aromatic rings. The van der Waals surface area contributed by atoms with Crippen LogP contribution in [0.5, 0.6) is 0 Å². The van der Waals surface area contributed by atoms with Crippen molar-refractivity contribution in [3.63, 3.8) is 0 Å². The van der Waals surface area contributed by atoms with Crippen molar-refractivity contribution in [2.24, 2.45) is 5.92 Å². The summed E-state index contributed by atoms with van der Waals surface area (Å²) >= 11 is 0. The Kier molecular flexibility index (Phi) is 6.00. The van der Waals surface area contributed by atoms with Gasteiger partial charge in [0.2, 0.25) is 10.0 Å². The number of fused-ring (bicyclic) bond motifs is 1. The summed E-state index contributed by atoms with van der Waals surface area (Å²) in [5.74, 6) is 0.576. The van der Waals surface area contributed by atoms with Gasteiger partial charge in [-0.15, -0.1) is 0 Å². The standard InChI is InChI=1S/C22H32N2O4S/c1-16-14-23(15-17(2)28-16)29(26,27)20-10-5-8-19(13-20)22(25)24-12-6-9-18-7-3-4-11-21(18)24/h5,8,10,13,16-18,21H,3-4,6-7,9,11-12,14-15H2,1-2H3. The number of carbonyl (C=O) groups is 1. The van der Waals surface area contributed by atoms with Gasteiger partial charge in [-0.1, -0.05) is 18.9 Å². The Morgan fingerprint density at radius 1 is 1.03 bits per heavy atom. The predicted molar refractivity (Wildman–Crippen MR) is 111 cm³/mol. The summed E-state index contributed by atoms with van der Waals surface area (Å²) in [4.78, 5) is 15.5. The first kappa shape index (κ1) is 20.8. The van der Waals surface area contributed by atoms with Crippen LogP contribution in [-0.2, 0) is 14.8 Å². The monoisotopic (exact) mass is 420 g/mol. The molecule has 3 aliphatic rings. The molecule has 2 saturated heterocycles. The minimum atomic E-state index is -3.66. The molecule has 1 aliphatic carbocycles. The van der Waals surface area contributed by atoms with Crippen LogP contribution in [0.1, 0.15) is 62.7 Å². The SMILES string of the molecule is CC1CN(S(=O)(=O)c2cccc(C(=O)N3CCCC4CCCCC43)c2)CC(C)O1. The highest BCUT2D eigenvalue weighted by molar-refractivity contribution is 7.89. The topological polar surface area (TPSA) is 66.9 Å². The summed E-state index contributed by atoms with van der Waals surface area (Å²) in [6, 6.07) is 6.91. The van der Waals surface area contributed by atoms with Gasteiger partial charge in [0, 0.05) is 31.2 Å². The summed E-state index contributed by atoms with van der Waals surface area (Å²) in [7, 11) is -3.66. The second-order valence-corrected chi connectivity index (χ2v) is 10.8. The van der Waals surface area contributed by atoms with Gasteiger partial charge in [-0.3, -0.25) is 4.79 Å². The quantitative estimate of drug-likeness (QED) is 0.753. The maximum Gasteiger partial charge on any atom is 0.254 e. The van der Waals surface area contributed by atoms with E-state index in [0.717, 1.165) is 19.4 Å². The van der Waals surface area contributed by atoms with Crippen LogP contribution < -0.4 is 0 Å². The molecule has 4 rings (SSSR count). The van der Waals surface area contributed by atoms with E-state index in [-0.39, 0.29) is 23.0 Å². The predicted octanol–water partition coefficient (Wildman–Crippen LogP) is 3.28. The van der Waals surface area contributed by atoms with Gasteiger partial charge >= 0.3 is 0 Å². The third kappa shape index (κ3) is 4.23. The minimum Gasteiger partial charge on any atom is -0.373 e. The Hall–Kier alpha value is -1.44. The van der Waals surface area contributed by atoms with Crippen molar-refractivity contribution in [3.05, 3.63) is 29.8 Å². The highest BCUT2D eigenvalue weighted by Crippen LogP contribution is 2.36. The van der Waals surface area contributed by atoms with Crippen molar-refractivity contribution in [2.45, 2.75) is 75.5 Å². The van der Waals surface area contributed by atoms with Gasteiger partial charge in [-0.05, 0) is 63.6 Å². The summed E-state index contributed by atoms with van der Waals surface area (Å²) in [6.07, 6.45) is 6.66. The molecule has 2 aliphatic heterocycles. The van der Waals surface area contributed by atoms with Gasteiger partial charge in [0.15, 0.2) is 0 Å². The first-order valence-corrected chi connectivity index (χ1v) is 12.4. The number of ether oxygens (including phenoxy) is 1. The normalized spacial score (nSPS) is 31.3. The van der Waals surface area contributed by atoms with Gasteiger partial charge in [-0.25, -0.2) is 8.42 Å². The molecule has 0 aromatic heterocycles. The number of carbonyl (C=O) groups excluding carboxylic acids is 1. The van der Waals surface area contributed by atoms with Gasteiger partial charge in [0.05, 0.1) is 17.1 Å². The Morgan fingerprint density at radius 3 is 2.48 bits per heavy atom. The maximum atomic E-state index is 13.3. The fourth-order valence-corrected chi connectivity index (χ4v) is 6.95. The second-order valence-electron chi connectivity index (χ2n) is 8.86. The molecule has 0 spiro atoms. The Balaban J connectivity index is 1.57. The van der Waals surface area contributed by atoms with Crippen molar-refractivity contribution >= 4 is 15.9 Å². The van der Waals surface area contributed by atoms with Crippen molar-refractivity contribution < 1.29 is 17.9 Å². The molecular formula is C22H32N2O4S. The molecule has 0 N–H and O–H groups in total. The van der Waals surface area contributed by atoms with E-state index in [1.807, 2.05) is 18.7 Å². The number of rotatable bonds is 3. The lowest BCUT2D eigenvalue weighted by molar-refractivity contribution is -0.0440. The van der Waals surface area contributed by atoms with Crippen molar-refractivity contribution in [2.75, 3.05) is 19.6 Å². The number of benzene rings is 1. The molecule has 1 aromatic carbocycles. The first-order valence-electron chi connectivity index (χ1n) is 10.9. The van der Waals surface area contributed by atoms with Crippen molar-refractivity contribution in [3.8, 4) is 0 Å². The molecule has 7 heteroatoms. The summed E-state index contributed by atoms with van der Waals surface area (Å²) in [6.45, 7) is 5.21. The summed E-state index contributed by atoms with van der Waals surface area (Å²) < 4.78 is 33.6. The smallest absolute Gasteiger partial charge is 0.254 e. The highest BCUT2D eigenvalue weighted by atomic mass is 32.2. The zero-order valence-electron chi connectivity index (χ0n) is 17.4. The molecule has 1 saturated carbocycles.